The fraction of sp³-hybridized carbons (Fsp3) is 0.667. The molecular formula is C24H34FN3O3. The van der Waals surface area contributed by atoms with Crippen LogP contribution in [0.3, 0.4) is 0 Å². The molecule has 2 amide bonds. The van der Waals surface area contributed by atoms with E-state index in [2.05, 4.69) is 9.80 Å². The Balaban J connectivity index is 1.26. The number of ether oxygens (including phenoxy) is 1. The lowest BCUT2D eigenvalue weighted by molar-refractivity contribution is -0.140. The first-order valence-corrected chi connectivity index (χ1v) is 11.7. The SMILES string of the molecule is CC(C)Oc1ccc(F)cc1N1CCN(CCCN2C(=O)C3CCCCC3C2=O)CC1. The van der Waals surface area contributed by atoms with Gasteiger partial charge in [0.15, 0.2) is 0 Å². The molecule has 7 heteroatoms. The topological polar surface area (TPSA) is 53.1 Å². The Morgan fingerprint density at radius 1 is 1.00 bits per heavy atom. The summed E-state index contributed by atoms with van der Waals surface area (Å²) in [7, 11) is 0. The molecule has 4 rings (SSSR count). The number of nitrogens with zero attached hydrogens (tertiary/aromatic N) is 3. The molecule has 0 N–H and O–H groups in total. The number of anilines is 1. The molecule has 2 aliphatic heterocycles. The van der Waals surface area contributed by atoms with Gasteiger partial charge in [-0.1, -0.05) is 12.8 Å². The van der Waals surface area contributed by atoms with E-state index in [0.717, 1.165) is 76.3 Å². The van der Waals surface area contributed by atoms with E-state index in [4.69, 9.17) is 4.74 Å². The van der Waals surface area contributed by atoms with E-state index in [1.807, 2.05) is 13.8 Å². The highest BCUT2D eigenvalue weighted by Crippen LogP contribution is 2.38. The molecule has 31 heavy (non-hydrogen) atoms. The minimum absolute atomic E-state index is 0.0327. The lowest BCUT2D eigenvalue weighted by Gasteiger charge is -2.37. The average molecular weight is 432 g/mol. The highest BCUT2D eigenvalue weighted by atomic mass is 19.1. The molecule has 2 atom stereocenters. The van der Waals surface area contributed by atoms with Crippen LogP contribution in [0.1, 0.15) is 46.0 Å². The summed E-state index contributed by atoms with van der Waals surface area (Å²) in [6.07, 6.45) is 4.71. The van der Waals surface area contributed by atoms with Gasteiger partial charge in [-0.05, 0) is 51.8 Å². The second-order valence-electron chi connectivity index (χ2n) is 9.29. The molecule has 1 aromatic carbocycles. The van der Waals surface area contributed by atoms with Crippen molar-refractivity contribution >= 4 is 17.5 Å². The minimum atomic E-state index is -0.256. The van der Waals surface area contributed by atoms with Gasteiger partial charge in [-0.3, -0.25) is 19.4 Å². The van der Waals surface area contributed by atoms with Crippen LogP contribution in [0, 0.1) is 17.7 Å². The van der Waals surface area contributed by atoms with Crippen molar-refractivity contribution in [1.29, 1.82) is 0 Å². The fourth-order valence-corrected chi connectivity index (χ4v) is 5.21. The fourth-order valence-electron chi connectivity index (χ4n) is 5.21. The summed E-state index contributed by atoms with van der Waals surface area (Å²) in [5, 5.41) is 0. The zero-order chi connectivity index (χ0) is 22.0. The Morgan fingerprint density at radius 3 is 2.26 bits per heavy atom. The van der Waals surface area contributed by atoms with E-state index < -0.39 is 0 Å². The zero-order valence-corrected chi connectivity index (χ0v) is 18.7. The van der Waals surface area contributed by atoms with Crippen molar-refractivity contribution in [3.8, 4) is 5.75 Å². The van der Waals surface area contributed by atoms with E-state index in [1.54, 1.807) is 12.1 Å². The van der Waals surface area contributed by atoms with Crippen molar-refractivity contribution in [3.05, 3.63) is 24.0 Å². The standard InChI is InChI=1S/C24H34FN3O3/c1-17(2)31-22-9-8-18(25)16-21(22)27-14-12-26(13-15-27)10-5-11-28-23(29)19-6-3-4-7-20(19)24(28)30/h8-9,16-17,19-20H,3-7,10-15H2,1-2H3. The van der Waals surface area contributed by atoms with E-state index >= 15 is 0 Å². The van der Waals surface area contributed by atoms with Gasteiger partial charge in [0.25, 0.3) is 0 Å². The number of hydrogen-bond donors (Lipinski definition) is 0. The molecule has 1 saturated carbocycles. The number of rotatable bonds is 7. The van der Waals surface area contributed by atoms with Crippen molar-refractivity contribution in [1.82, 2.24) is 9.80 Å². The predicted octanol–water partition coefficient (Wildman–Crippen LogP) is 3.30. The predicted molar refractivity (Wildman–Crippen MR) is 118 cm³/mol. The number of carbonyl (C=O) groups is 2. The van der Waals surface area contributed by atoms with Gasteiger partial charge in [-0.15, -0.1) is 0 Å². The number of carbonyl (C=O) groups excluding carboxylic acids is 2. The Kier molecular flexibility index (Phi) is 6.80. The summed E-state index contributed by atoms with van der Waals surface area (Å²) in [6.45, 7) is 8.65. The van der Waals surface area contributed by atoms with Gasteiger partial charge in [0, 0.05) is 38.8 Å². The molecule has 2 unspecified atom stereocenters. The highest BCUT2D eigenvalue weighted by molar-refractivity contribution is 6.05. The Bertz CT molecular complexity index is 783. The van der Waals surface area contributed by atoms with Crippen LogP contribution in [0.5, 0.6) is 5.75 Å². The molecule has 6 nitrogen and oxygen atoms in total. The maximum atomic E-state index is 13.9. The lowest BCUT2D eigenvalue weighted by Crippen LogP contribution is -2.47. The molecule has 2 heterocycles. The highest BCUT2D eigenvalue weighted by Gasteiger charge is 2.47. The van der Waals surface area contributed by atoms with Crippen LogP contribution in [0.25, 0.3) is 0 Å². The van der Waals surface area contributed by atoms with Crippen LogP contribution in [0.2, 0.25) is 0 Å². The van der Waals surface area contributed by atoms with Crippen molar-refractivity contribution in [2.24, 2.45) is 11.8 Å². The van der Waals surface area contributed by atoms with Gasteiger partial charge in [0.1, 0.15) is 11.6 Å². The van der Waals surface area contributed by atoms with Gasteiger partial charge in [-0.2, -0.15) is 0 Å². The quantitative estimate of drug-likeness (QED) is 0.620. The third-order valence-electron chi connectivity index (χ3n) is 6.79. The summed E-state index contributed by atoms with van der Waals surface area (Å²) in [6, 6.07) is 4.70. The number of halogens is 1. The summed E-state index contributed by atoms with van der Waals surface area (Å²) in [5.41, 5.74) is 0.809. The minimum Gasteiger partial charge on any atom is -0.489 e. The third kappa shape index (κ3) is 4.86. The average Bonchev–Trinajstić information content (AvgIpc) is 3.00. The number of imide groups is 1. The van der Waals surface area contributed by atoms with Crippen LogP contribution in [-0.2, 0) is 9.59 Å². The molecule has 0 radical (unpaired) electrons. The smallest absolute Gasteiger partial charge is 0.233 e. The van der Waals surface area contributed by atoms with Crippen LogP contribution in [0.4, 0.5) is 10.1 Å². The van der Waals surface area contributed by atoms with E-state index in [1.165, 1.54) is 11.0 Å². The normalized spacial score (nSPS) is 24.8. The van der Waals surface area contributed by atoms with Gasteiger partial charge in [0.2, 0.25) is 11.8 Å². The first-order valence-electron chi connectivity index (χ1n) is 11.7. The molecule has 3 aliphatic rings. The molecule has 1 aliphatic carbocycles. The molecule has 1 aromatic rings. The van der Waals surface area contributed by atoms with Crippen LogP contribution in [0.15, 0.2) is 18.2 Å². The van der Waals surface area contributed by atoms with Crippen LogP contribution in [-0.4, -0.2) is 67.0 Å². The van der Waals surface area contributed by atoms with Gasteiger partial charge >= 0.3 is 0 Å². The number of piperazine rings is 1. The second kappa shape index (κ2) is 9.55. The molecule has 0 aromatic heterocycles. The van der Waals surface area contributed by atoms with Gasteiger partial charge in [0.05, 0.1) is 23.6 Å². The Hall–Kier alpha value is -2.15. The van der Waals surface area contributed by atoms with Crippen LogP contribution < -0.4 is 9.64 Å². The number of amides is 2. The molecular weight excluding hydrogens is 397 g/mol. The maximum Gasteiger partial charge on any atom is 0.233 e. The Morgan fingerprint density at radius 2 is 1.65 bits per heavy atom. The molecule has 0 bridgehead atoms. The summed E-state index contributed by atoms with van der Waals surface area (Å²) < 4.78 is 19.7. The molecule has 3 fully saturated rings. The lowest BCUT2D eigenvalue weighted by atomic mass is 9.81. The second-order valence-corrected chi connectivity index (χ2v) is 9.29. The van der Waals surface area contributed by atoms with E-state index in [9.17, 15) is 14.0 Å². The first-order chi connectivity index (χ1) is 14.9. The number of fused-ring (bicyclic) bond motifs is 1. The summed E-state index contributed by atoms with van der Waals surface area (Å²) in [5.74, 6) is 0.467. The first kappa shape index (κ1) is 22.1. The van der Waals surface area contributed by atoms with Crippen molar-refractivity contribution in [3.63, 3.8) is 0 Å². The summed E-state index contributed by atoms with van der Waals surface area (Å²) in [4.78, 5) is 31.3. The van der Waals surface area contributed by atoms with Gasteiger partial charge < -0.3 is 9.64 Å². The molecule has 2 saturated heterocycles. The summed E-state index contributed by atoms with van der Waals surface area (Å²) >= 11 is 0. The van der Waals surface area contributed by atoms with Crippen LogP contribution >= 0.6 is 0 Å². The van der Waals surface area contributed by atoms with E-state index in [-0.39, 0.29) is 35.6 Å². The monoisotopic (exact) mass is 431 g/mol. The largest absolute Gasteiger partial charge is 0.489 e. The Labute approximate surface area is 184 Å². The zero-order valence-electron chi connectivity index (χ0n) is 18.7. The maximum absolute atomic E-state index is 13.9. The number of hydrogen-bond acceptors (Lipinski definition) is 5. The van der Waals surface area contributed by atoms with Gasteiger partial charge in [-0.25, -0.2) is 4.39 Å². The molecule has 170 valence electrons. The number of likely N-dealkylation sites (tertiary alicyclic amines) is 1. The van der Waals surface area contributed by atoms with Crippen molar-refractivity contribution in [2.45, 2.75) is 52.1 Å². The van der Waals surface area contributed by atoms with Crippen molar-refractivity contribution < 1.29 is 18.7 Å². The van der Waals surface area contributed by atoms with E-state index in [0.29, 0.717) is 6.54 Å². The third-order valence-corrected chi connectivity index (χ3v) is 6.79. The number of benzene rings is 1. The molecule has 0 spiro atoms. The van der Waals surface area contributed by atoms with Crippen molar-refractivity contribution in [2.75, 3.05) is 44.2 Å².